The first kappa shape index (κ1) is 14.7. The van der Waals surface area contributed by atoms with Crippen LogP contribution < -0.4 is 0 Å². The number of aromatic amines is 1. The van der Waals surface area contributed by atoms with E-state index in [9.17, 15) is 0 Å². The fraction of sp³-hybridized carbons (Fsp3) is 0. The number of hydrogen-bond acceptors (Lipinski definition) is 2. The van der Waals surface area contributed by atoms with E-state index in [0.717, 1.165) is 38.3 Å². The molecule has 3 nitrogen and oxygen atoms in total. The molecule has 116 valence electrons. The van der Waals surface area contributed by atoms with Crippen molar-refractivity contribution in [3.63, 3.8) is 0 Å². The van der Waals surface area contributed by atoms with Crippen molar-refractivity contribution in [2.24, 2.45) is 0 Å². The predicted molar refractivity (Wildman–Crippen MR) is 99.7 cm³/mol. The minimum atomic E-state index is 0.730. The third-order valence-electron chi connectivity index (χ3n) is 3.93. The monoisotopic (exact) mass is 331 g/mol. The van der Waals surface area contributed by atoms with Crippen LogP contribution >= 0.6 is 11.6 Å². The van der Waals surface area contributed by atoms with Crippen LogP contribution in [0.25, 0.3) is 34.2 Å². The zero-order valence-electron chi connectivity index (χ0n) is 12.8. The highest BCUT2D eigenvalue weighted by Gasteiger charge is 2.05. The zero-order chi connectivity index (χ0) is 16.4. The van der Waals surface area contributed by atoms with E-state index >= 15 is 0 Å². The van der Waals surface area contributed by atoms with Gasteiger partial charge in [0.25, 0.3) is 0 Å². The van der Waals surface area contributed by atoms with Crippen molar-refractivity contribution in [1.29, 1.82) is 0 Å². The second-order valence-corrected chi connectivity index (χ2v) is 5.87. The molecule has 0 aliphatic rings. The molecule has 0 spiro atoms. The molecule has 4 heteroatoms. The van der Waals surface area contributed by atoms with Crippen LogP contribution in [0.1, 0.15) is 11.3 Å². The Labute approximate surface area is 144 Å². The Morgan fingerprint density at radius 1 is 0.875 bits per heavy atom. The van der Waals surface area contributed by atoms with Gasteiger partial charge in [0, 0.05) is 22.8 Å². The summed E-state index contributed by atoms with van der Waals surface area (Å²) in [5.41, 5.74) is 5.14. The first-order valence-electron chi connectivity index (χ1n) is 7.62. The highest BCUT2D eigenvalue weighted by atomic mass is 35.5. The number of benzene rings is 2. The summed E-state index contributed by atoms with van der Waals surface area (Å²) in [4.78, 5) is 4.06. The van der Waals surface area contributed by atoms with Gasteiger partial charge in [-0.3, -0.25) is 10.1 Å². The summed E-state index contributed by atoms with van der Waals surface area (Å²) in [7, 11) is 0. The maximum absolute atomic E-state index is 6.19. The lowest BCUT2D eigenvalue weighted by atomic mass is 10.0. The van der Waals surface area contributed by atoms with Crippen LogP contribution in [0, 0.1) is 0 Å². The number of hydrogen-bond donors (Lipinski definition) is 1. The summed E-state index contributed by atoms with van der Waals surface area (Å²) in [5, 5.41) is 9.32. The third-order valence-corrected chi connectivity index (χ3v) is 4.28. The van der Waals surface area contributed by atoms with E-state index in [4.69, 9.17) is 11.6 Å². The standard InChI is InChI=1S/C20H14ClN3/c21-18-4-2-1-3-15(18)6-8-19-17-7-5-16(13-20(17)24-23-19)14-9-11-22-12-10-14/h1-13H,(H,23,24). The lowest BCUT2D eigenvalue weighted by Crippen LogP contribution is -1.79. The molecule has 2 aromatic carbocycles. The predicted octanol–water partition coefficient (Wildman–Crippen LogP) is 5.45. The molecule has 4 aromatic rings. The molecule has 0 saturated heterocycles. The number of pyridine rings is 1. The molecular formula is C20H14ClN3. The van der Waals surface area contributed by atoms with E-state index in [1.54, 1.807) is 12.4 Å². The van der Waals surface area contributed by atoms with Crippen molar-refractivity contribution >= 4 is 34.7 Å². The molecule has 0 amide bonds. The van der Waals surface area contributed by atoms with Crippen molar-refractivity contribution in [1.82, 2.24) is 15.2 Å². The quantitative estimate of drug-likeness (QED) is 0.542. The van der Waals surface area contributed by atoms with Crippen molar-refractivity contribution in [3.8, 4) is 11.1 Å². The minimum absolute atomic E-state index is 0.730. The van der Waals surface area contributed by atoms with Crippen molar-refractivity contribution in [3.05, 3.63) is 83.3 Å². The molecule has 2 heterocycles. The Morgan fingerprint density at radius 3 is 2.54 bits per heavy atom. The number of halogens is 1. The van der Waals surface area contributed by atoms with E-state index in [1.807, 2.05) is 48.6 Å². The van der Waals surface area contributed by atoms with Crippen molar-refractivity contribution in [2.75, 3.05) is 0 Å². The minimum Gasteiger partial charge on any atom is -0.277 e. The number of rotatable bonds is 3. The van der Waals surface area contributed by atoms with Crippen LogP contribution in [-0.4, -0.2) is 15.2 Å². The molecule has 0 aliphatic carbocycles. The Morgan fingerprint density at radius 2 is 1.71 bits per heavy atom. The van der Waals surface area contributed by atoms with Gasteiger partial charge in [-0.1, -0.05) is 41.9 Å². The summed E-state index contributed by atoms with van der Waals surface area (Å²) < 4.78 is 0. The normalized spacial score (nSPS) is 11.4. The maximum Gasteiger partial charge on any atom is 0.0927 e. The molecular weight excluding hydrogens is 318 g/mol. The van der Waals surface area contributed by atoms with Gasteiger partial charge in [-0.25, -0.2) is 0 Å². The molecule has 0 atom stereocenters. The van der Waals surface area contributed by atoms with Gasteiger partial charge in [0.15, 0.2) is 0 Å². The van der Waals surface area contributed by atoms with E-state index in [0.29, 0.717) is 0 Å². The fourth-order valence-corrected chi connectivity index (χ4v) is 2.87. The van der Waals surface area contributed by atoms with E-state index < -0.39 is 0 Å². The van der Waals surface area contributed by atoms with Crippen molar-refractivity contribution in [2.45, 2.75) is 0 Å². The van der Waals surface area contributed by atoms with Crippen LogP contribution in [0.3, 0.4) is 0 Å². The highest BCUT2D eigenvalue weighted by molar-refractivity contribution is 6.32. The summed E-state index contributed by atoms with van der Waals surface area (Å²) in [6.45, 7) is 0. The molecule has 0 fully saturated rings. The molecule has 4 rings (SSSR count). The first-order chi connectivity index (χ1) is 11.8. The molecule has 1 N–H and O–H groups in total. The van der Waals surface area contributed by atoms with E-state index in [2.05, 4.69) is 33.4 Å². The van der Waals surface area contributed by atoms with Gasteiger partial charge in [-0.15, -0.1) is 0 Å². The second-order valence-electron chi connectivity index (χ2n) is 5.46. The van der Waals surface area contributed by atoms with E-state index in [-0.39, 0.29) is 0 Å². The Balaban J connectivity index is 1.70. The third kappa shape index (κ3) is 2.82. The lowest BCUT2D eigenvalue weighted by molar-refractivity contribution is 1.11. The van der Waals surface area contributed by atoms with Crippen molar-refractivity contribution < 1.29 is 0 Å². The van der Waals surface area contributed by atoms with Crippen LogP contribution in [0.5, 0.6) is 0 Å². The second kappa shape index (κ2) is 6.30. The number of fused-ring (bicyclic) bond motifs is 1. The fourth-order valence-electron chi connectivity index (χ4n) is 2.67. The number of H-pyrrole nitrogens is 1. The topological polar surface area (TPSA) is 41.6 Å². The lowest BCUT2D eigenvalue weighted by Gasteiger charge is -2.01. The van der Waals surface area contributed by atoms with Crippen LogP contribution in [-0.2, 0) is 0 Å². The van der Waals surface area contributed by atoms with Gasteiger partial charge in [-0.05, 0) is 53.1 Å². The number of nitrogens with one attached hydrogen (secondary N) is 1. The van der Waals surface area contributed by atoms with Gasteiger partial charge < -0.3 is 0 Å². The number of aromatic nitrogens is 3. The molecule has 0 radical (unpaired) electrons. The Bertz CT molecular complexity index is 1020. The van der Waals surface area contributed by atoms with Gasteiger partial charge in [0.1, 0.15) is 0 Å². The summed E-state index contributed by atoms with van der Waals surface area (Å²) in [5.74, 6) is 0. The molecule has 2 aromatic heterocycles. The van der Waals surface area contributed by atoms with Gasteiger partial charge >= 0.3 is 0 Å². The highest BCUT2D eigenvalue weighted by Crippen LogP contribution is 2.26. The average Bonchev–Trinajstić information content (AvgIpc) is 3.04. The summed E-state index contributed by atoms with van der Waals surface area (Å²) in [6.07, 6.45) is 7.55. The SMILES string of the molecule is Clc1ccccc1C=Cc1n[nH]c2cc(-c3ccncc3)ccc12. The largest absolute Gasteiger partial charge is 0.277 e. The van der Waals surface area contributed by atoms with Crippen LogP contribution in [0.4, 0.5) is 0 Å². The first-order valence-corrected chi connectivity index (χ1v) is 8.00. The summed E-state index contributed by atoms with van der Waals surface area (Å²) in [6, 6.07) is 18.0. The summed E-state index contributed by atoms with van der Waals surface area (Å²) >= 11 is 6.19. The molecule has 0 bridgehead atoms. The van der Waals surface area contributed by atoms with Crippen LogP contribution in [0.15, 0.2) is 67.0 Å². The number of nitrogens with zero attached hydrogens (tertiary/aromatic N) is 2. The Kier molecular flexibility index (Phi) is 3.85. The van der Waals surface area contributed by atoms with E-state index in [1.165, 1.54) is 0 Å². The Hall–Kier alpha value is -2.91. The molecule has 0 saturated carbocycles. The molecule has 24 heavy (non-hydrogen) atoms. The molecule has 0 aliphatic heterocycles. The molecule has 0 unspecified atom stereocenters. The van der Waals surface area contributed by atoms with Gasteiger partial charge in [0.05, 0.1) is 11.2 Å². The van der Waals surface area contributed by atoms with Gasteiger partial charge in [0.2, 0.25) is 0 Å². The smallest absolute Gasteiger partial charge is 0.0927 e. The maximum atomic E-state index is 6.19. The van der Waals surface area contributed by atoms with Crippen LogP contribution in [0.2, 0.25) is 5.02 Å². The zero-order valence-corrected chi connectivity index (χ0v) is 13.5. The van der Waals surface area contributed by atoms with Gasteiger partial charge in [-0.2, -0.15) is 5.10 Å². The average molecular weight is 332 g/mol.